The van der Waals surface area contributed by atoms with E-state index < -0.39 is 0 Å². The first-order valence-corrected chi connectivity index (χ1v) is 26.2. The topological polar surface area (TPSA) is 17.4 Å². The van der Waals surface area contributed by atoms with Crippen LogP contribution in [0.3, 0.4) is 0 Å². The zero-order valence-corrected chi connectivity index (χ0v) is 38.0. The van der Waals surface area contributed by atoms with Gasteiger partial charge in [0.2, 0.25) is 0 Å². The van der Waals surface area contributed by atoms with E-state index in [0.717, 1.165) is 12.2 Å². The Kier molecular flexibility index (Phi) is 9.11. The maximum absolute atomic E-state index is 6.80. The number of rotatable bonds is 5. The molecule has 64 heavy (non-hydrogen) atoms. The molecule has 1 aliphatic heterocycles. The molecule has 0 fully saturated rings. The minimum atomic E-state index is 0.107. The number of para-hydroxylation sites is 1. The minimum absolute atomic E-state index is 0.107. The third kappa shape index (κ3) is 5.57. The van der Waals surface area contributed by atoms with Gasteiger partial charge in [-0.25, -0.2) is 0 Å². The van der Waals surface area contributed by atoms with Gasteiger partial charge in [-0.15, -0.1) is 0 Å². The predicted octanol–water partition coefficient (Wildman–Crippen LogP) is 14.9. The van der Waals surface area contributed by atoms with Crippen LogP contribution in [0.25, 0.3) is 10.9 Å². The molecule has 0 bridgehead atoms. The Balaban J connectivity index is 0.849. The lowest BCUT2D eigenvalue weighted by molar-refractivity contribution is 0.109. The summed E-state index contributed by atoms with van der Waals surface area (Å²) in [6.07, 6.45) is 53.0. The van der Waals surface area contributed by atoms with Crippen LogP contribution in [0, 0.1) is 17.3 Å². The lowest BCUT2D eigenvalue weighted by atomic mass is 9.58. The molecular weight excluding hydrogens is 777 g/mol. The number of aromatic nitrogens is 1. The van der Waals surface area contributed by atoms with Crippen LogP contribution in [-0.4, -0.2) is 27.7 Å². The SMILES string of the molecule is C1=CC2=C(CC1)C1(C3=C2C=CCC3)C2=C(CCCC2)C2CC=C(N(C3C=CC(c4ccc5c(c4)c4c(n5C5CC=CCC5)CCCC4)CC3)C3CC=CC4Oc5ccccc5C43)CC21. The zero-order valence-electron chi connectivity index (χ0n) is 38.0. The number of fused-ring (bicyclic) bond motifs is 13. The number of hydrogen-bond donors (Lipinski definition) is 0. The number of hydrogen-bond acceptors (Lipinski definition) is 2. The summed E-state index contributed by atoms with van der Waals surface area (Å²) < 4.78 is 9.60. The normalized spacial score (nSPS) is 32.8. The number of aryl methyl sites for hydroxylation is 1. The van der Waals surface area contributed by atoms with Crippen molar-refractivity contribution in [3.8, 4) is 5.75 Å². The van der Waals surface area contributed by atoms with Crippen molar-refractivity contribution in [1.29, 1.82) is 0 Å². The first-order valence-electron chi connectivity index (χ1n) is 26.2. The lowest BCUT2D eigenvalue weighted by Gasteiger charge is -2.50. The van der Waals surface area contributed by atoms with Crippen LogP contribution in [0.15, 0.2) is 148 Å². The number of allylic oxidation sites excluding steroid dienone is 15. The molecule has 0 saturated carbocycles. The smallest absolute Gasteiger partial charge is 0.126 e. The van der Waals surface area contributed by atoms with Gasteiger partial charge in [0.1, 0.15) is 11.9 Å². The Bertz CT molecular complexity index is 2700. The molecule has 2 aromatic carbocycles. The van der Waals surface area contributed by atoms with E-state index in [1.807, 2.05) is 22.3 Å². The molecule has 0 N–H and O–H groups in total. The van der Waals surface area contributed by atoms with E-state index in [2.05, 4.69) is 119 Å². The van der Waals surface area contributed by atoms with Crippen molar-refractivity contribution in [2.75, 3.05) is 0 Å². The van der Waals surface area contributed by atoms with E-state index in [1.165, 1.54) is 139 Å². The van der Waals surface area contributed by atoms with Gasteiger partial charge in [0, 0.05) is 63.2 Å². The lowest BCUT2D eigenvalue weighted by Crippen LogP contribution is -2.50. The zero-order chi connectivity index (χ0) is 41.9. The Morgan fingerprint density at radius 3 is 2.38 bits per heavy atom. The molecule has 326 valence electrons. The van der Waals surface area contributed by atoms with Gasteiger partial charge in [-0.3, -0.25) is 0 Å². The van der Waals surface area contributed by atoms with Crippen molar-refractivity contribution in [3.63, 3.8) is 0 Å². The molecule has 11 aliphatic rings. The van der Waals surface area contributed by atoms with Gasteiger partial charge in [-0.2, -0.15) is 0 Å². The summed E-state index contributed by atoms with van der Waals surface area (Å²) in [5, 5.41) is 1.56. The molecule has 8 unspecified atom stereocenters. The fraction of sp³-hybridized carbons (Fsp3) is 0.475. The van der Waals surface area contributed by atoms with Crippen LogP contribution >= 0.6 is 0 Å². The summed E-state index contributed by atoms with van der Waals surface area (Å²) in [6.45, 7) is 0. The summed E-state index contributed by atoms with van der Waals surface area (Å²) in [6, 6.07) is 18.1. The van der Waals surface area contributed by atoms with Gasteiger partial charge in [-0.1, -0.05) is 96.2 Å². The summed E-state index contributed by atoms with van der Waals surface area (Å²) in [7, 11) is 0. The third-order valence-corrected chi connectivity index (χ3v) is 18.9. The van der Waals surface area contributed by atoms with Gasteiger partial charge in [0.15, 0.2) is 0 Å². The van der Waals surface area contributed by atoms with E-state index in [4.69, 9.17) is 4.74 Å². The van der Waals surface area contributed by atoms with E-state index in [9.17, 15) is 0 Å². The number of nitrogens with zero attached hydrogens (tertiary/aromatic N) is 2. The van der Waals surface area contributed by atoms with Gasteiger partial charge in [-0.05, 0) is 198 Å². The molecule has 8 atom stereocenters. The molecule has 0 amide bonds. The summed E-state index contributed by atoms with van der Waals surface area (Å²) in [5.41, 5.74) is 20.3. The number of benzene rings is 2. The highest BCUT2D eigenvalue weighted by Gasteiger charge is 2.61. The summed E-state index contributed by atoms with van der Waals surface area (Å²) in [5.74, 6) is 3.22. The standard InChI is InChI=1S/C61H66N2O/c1-2-15-41(16-3-1)63-55-25-12-7-20-48(55)50-37-40(31-36-56(50)63)39-29-32-42(33-30-39)62(57-26-14-28-59-60(57)49-21-8-13-27-58(49)64-59)43-34-35-47-46-19-6-11-24-53(46)61(54(47)38-43)51-22-9-4-17-44(51)45-18-5-10-23-52(45)61/h1-2,4-5,8,13-14,17-18,21,27-29,31-32,34,36-37,39,41-42,47,54,57,59-60H,3,6-7,9-12,15-16,19-20,22-26,30,33,35,38H2. The van der Waals surface area contributed by atoms with Crippen molar-refractivity contribution < 1.29 is 4.74 Å². The highest BCUT2D eigenvalue weighted by molar-refractivity contribution is 5.87. The maximum atomic E-state index is 6.80. The van der Waals surface area contributed by atoms with Crippen molar-refractivity contribution in [1.82, 2.24) is 9.47 Å². The average Bonchev–Trinajstić information content (AvgIpc) is 4.08. The molecule has 0 saturated heterocycles. The largest absolute Gasteiger partial charge is 0.485 e. The van der Waals surface area contributed by atoms with Crippen LogP contribution in [0.5, 0.6) is 5.75 Å². The molecule has 3 heteroatoms. The van der Waals surface area contributed by atoms with E-state index in [0.29, 0.717) is 41.8 Å². The highest BCUT2D eigenvalue weighted by Crippen LogP contribution is 2.71. The second-order valence-electron chi connectivity index (χ2n) is 21.7. The van der Waals surface area contributed by atoms with Gasteiger partial charge < -0.3 is 14.2 Å². The monoisotopic (exact) mass is 843 g/mol. The first kappa shape index (κ1) is 38.5. The van der Waals surface area contributed by atoms with Gasteiger partial charge in [0.05, 0.1) is 0 Å². The fourth-order valence-corrected chi connectivity index (χ4v) is 16.5. The van der Waals surface area contributed by atoms with Crippen molar-refractivity contribution >= 4 is 10.9 Å². The van der Waals surface area contributed by atoms with Crippen LogP contribution in [0.1, 0.15) is 156 Å². The molecule has 0 radical (unpaired) electrons. The Morgan fingerprint density at radius 1 is 0.688 bits per heavy atom. The van der Waals surface area contributed by atoms with Crippen LogP contribution in [0.2, 0.25) is 0 Å². The molecule has 2 heterocycles. The first-order chi connectivity index (χ1) is 31.8. The molecule has 14 rings (SSSR count). The third-order valence-electron chi connectivity index (χ3n) is 18.9. The summed E-state index contributed by atoms with van der Waals surface area (Å²) in [4.78, 5) is 3.04. The molecule has 1 aromatic heterocycles. The van der Waals surface area contributed by atoms with E-state index >= 15 is 0 Å². The second-order valence-corrected chi connectivity index (χ2v) is 21.7. The van der Waals surface area contributed by atoms with E-state index in [-0.39, 0.29) is 11.5 Å². The predicted molar refractivity (Wildman–Crippen MR) is 262 cm³/mol. The fourth-order valence-electron chi connectivity index (χ4n) is 16.5. The molecule has 10 aliphatic carbocycles. The van der Waals surface area contributed by atoms with Crippen LogP contribution < -0.4 is 4.74 Å². The molecule has 3 nitrogen and oxygen atoms in total. The Labute approximate surface area is 381 Å². The number of ether oxygens (including phenoxy) is 1. The highest BCUT2D eigenvalue weighted by atomic mass is 16.5. The molecule has 1 spiro atoms. The minimum Gasteiger partial charge on any atom is -0.485 e. The van der Waals surface area contributed by atoms with Crippen LogP contribution in [-0.2, 0) is 12.8 Å². The average molecular weight is 843 g/mol. The molecular formula is C61H66N2O. The quantitative estimate of drug-likeness (QED) is 0.238. The maximum Gasteiger partial charge on any atom is 0.126 e. The Hall–Kier alpha value is -4.76. The summed E-state index contributed by atoms with van der Waals surface area (Å²) >= 11 is 0. The van der Waals surface area contributed by atoms with Gasteiger partial charge in [0.25, 0.3) is 0 Å². The Morgan fingerprint density at radius 2 is 1.53 bits per heavy atom. The van der Waals surface area contributed by atoms with Crippen LogP contribution in [0.4, 0.5) is 0 Å². The van der Waals surface area contributed by atoms with Crippen molar-refractivity contribution in [2.45, 2.75) is 164 Å². The van der Waals surface area contributed by atoms with Gasteiger partial charge >= 0.3 is 0 Å². The van der Waals surface area contributed by atoms with Crippen molar-refractivity contribution in [2.24, 2.45) is 17.3 Å². The second kappa shape index (κ2) is 15.1. The molecule has 3 aromatic rings. The van der Waals surface area contributed by atoms with E-state index in [1.54, 1.807) is 33.5 Å². The van der Waals surface area contributed by atoms with Crippen molar-refractivity contribution in [3.05, 3.63) is 171 Å².